The molecule has 0 bridgehead atoms. The first-order chi connectivity index (χ1) is 10.4. The van der Waals surface area contributed by atoms with E-state index < -0.39 is 10.2 Å². The van der Waals surface area contributed by atoms with Crippen LogP contribution in [0.2, 0.25) is 0 Å². The van der Waals surface area contributed by atoms with E-state index in [1.54, 1.807) is 0 Å². The van der Waals surface area contributed by atoms with E-state index in [-0.39, 0.29) is 18.3 Å². The molecule has 4 atom stereocenters. The normalized spacial score (nSPS) is 34.7. The highest BCUT2D eigenvalue weighted by molar-refractivity contribution is 7.87. The molecule has 1 heterocycles. The molecule has 0 aromatic heterocycles. The van der Waals surface area contributed by atoms with Crippen molar-refractivity contribution in [3.8, 4) is 0 Å². The molecule has 1 aliphatic carbocycles. The van der Waals surface area contributed by atoms with Crippen molar-refractivity contribution in [3.63, 3.8) is 0 Å². The molecule has 130 valence electrons. The van der Waals surface area contributed by atoms with Crippen LogP contribution in [-0.4, -0.2) is 57.3 Å². The summed E-state index contributed by atoms with van der Waals surface area (Å²) in [6.45, 7) is 7.57. The molecule has 1 N–H and O–H groups in total. The number of morpholine rings is 1. The van der Waals surface area contributed by atoms with Gasteiger partial charge < -0.3 is 9.47 Å². The smallest absolute Gasteiger partial charge is 0.279 e. The first kappa shape index (κ1) is 18.1. The zero-order chi connectivity index (χ0) is 16.2. The molecular weight excluding hydrogens is 304 g/mol. The summed E-state index contributed by atoms with van der Waals surface area (Å²) in [6, 6.07) is 0. The van der Waals surface area contributed by atoms with E-state index >= 15 is 0 Å². The van der Waals surface area contributed by atoms with Crippen LogP contribution in [0.25, 0.3) is 0 Å². The Hall–Kier alpha value is -0.210. The van der Waals surface area contributed by atoms with Crippen molar-refractivity contribution in [2.75, 3.05) is 26.2 Å². The standard InChI is InChI=1S/C15H30N2O4S/c1-12-6-4-5-7-15(12)20-9-8-16-22(18,19)17-10-13(2)21-14(3)11-17/h12-16H,4-11H2,1-3H3/t12-,13-,14-,15-/m1/s1. The molecular formula is C15H30N2O4S. The lowest BCUT2D eigenvalue weighted by molar-refractivity contribution is -0.0445. The van der Waals surface area contributed by atoms with Gasteiger partial charge in [-0.3, -0.25) is 0 Å². The van der Waals surface area contributed by atoms with Gasteiger partial charge in [0, 0.05) is 19.6 Å². The number of hydrogen-bond acceptors (Lipinski definition) is 4. The van der Waals surface area contributed by atoms with Crippen LogP contribution in [0.4, 0.5) is 0 Å². The summed E-state index contributed by atoms with van der Waals surface area (Å²) in [5.41, 5.74) is 0. The van der Waals surface area contributed by atoms with Crippen molar-refractivity contribution in [1.82, 2.24) is 9.03 Å². The first-order valence-corrected chi connectivity index (χ1v) is 9.84. The van der Waals surface area contributed by atoms with Gasteiger partial charge in [-0.05, 0) is 32.6 Å². The molecule has 22 heavy (non-hydrogen) atoms. The molecule has 1 saturated carbocycles. The van der Waals surface area contributed by atoms with Crippen molar-refractivity contribution in [2.45, 2.75) is 64.8 Å². The summed E-state index contributed by atoms with van der Waals surface area (Å²) in [7, 11) is -3.44. The highest BCUT2D eigenvalue weighted by Crippen LogP contribution is 2.26. The molecule has 0 spiro atoms. The quantitative estimate of drug-likeness (QED) is 0.748. The third-order valence-electron chi connectivity index (χ3n) is 4.48. The molecule has 0 radical (unpaired) electrons. The third kappa shape index (κ3) is 5.16. The van der Waals surface area contributed by atoms with Crippen molar-refractivity contribution in [3.05, 3.63) is 0 Å². The van der Waals surface area contributed by atoms with Gasteiger partial charge in [-0.2, -0.15) is 17.4 Å². The number of ether oxygens (including phenoxy) is 2. The second-order valence-corrected chi connectivity index (χ2v) is 8.40. The predicted molar refractivity (Wildman–Crippen MR) is 85.9 cm³/mol. The van der Waals surface area contributed by atoms with Crippen LogP contribution in [0.5, 0.6) is 0 Å². The van der Waals surface area contributed by atoms with Gasteiger partial charge in [-0.1, -0.05) is 19.8 Å². The second kappa shape index (κ2) is 8.06. The second-order valence-electron chi connectivity index (χ2n) is 6.64. The van der Waals surface area contributed by atoms with Crippen molar-refractivity contribution in [1.29, 1.82) is 0 Å². The number of rotatable bonds is 6. The zero-order valence-electron chi connectivity index (χ0n) is 14.0. The highest BCUT2D eigenvalue weighted by Gasteiger charge is 2.30. The summed E-state index contributed by atoms with van der Waals surface area (Å²) in [4.78, 5) is 0. The van der Waals surface area contributed by atoms with E-state index in [4.69, 9.17) is 9.47 Å². The molecule has 0 unspecified atom stereocenters. The maximum atomic E-state index is 12.3. The molecule has 0 amide bonds. The Kier molecular flexibility index (Phi) is 6.64. The average Bonchev–Trinajstić information content (AvgIpc) is 2.44. The Balaban J connectivity index is 1.73. The van der Waals surface area contributed by atoms with Crippen LogP contribution in [-0.2, 0) is 19.7 Å². The fourth-order valence-corrected chi connectivity index (χ4v) is 4.67. The fraction of sp³-hybridized carbons (Fsp3) is 1.00. The summed E-state index contributed by atoms with van der Waals surface area (Å²) < 4.78 is 40.1. The van der Waals surface area contributed by atoms with Gasteiger partial charge in [0.15, 0.2) is 0 Å². The van der Waals surface area contributed by atoms with Gasteiger partial charge in [0.1, 0.15) is 0 Å². The first-order valence-electron chi connectivity index (χ1n) is 8.40. The van der Waals surface area contributed by atoms with Crippen molar-refractivity contribution < 1.29 is 17.9 Å². The highest BCUT2D eigenvalue weighted by atomic mass is 32.2. The maximum absolute atomic E-state index is 12.3. The van der Waals surface area contributed by atoms with E-state index in [0.717, 1.165) is 6.42 Å². The zero-order valence-corrected chi connectivity index (χ0v) is 14.8. The summed E-state index contributed by atoms with van der Waals surface area (Å²) in [5.74, 6) is 0.575. The SMILES string of the molecule is C[C@@H]1CN(S(=O)(=O)NCCO[C@@H]2CCCC[C@H]2C)C[C@@H](C)O1. The van der Waals surface area contributed by atoms with Crippen LogP contribution in [0.15, 0.2) is 0 Å². The predicted octanol–water partition coefficient (Wildman–Crippen LogP) is 1.53. The molecule has 7 heteroatoms. The van der Waals surface area contributed by atoms with E-state index in [0.29, 0.717) is 32.2 Å². The molecule has 2 aliphatic rings. The Morgan fingerprint density at radius 2 is 1.77 bits per heavy atom. The third-order valence-corrected chi connectivity index (χ3v) is 6.02. The molecule has 0 aromatic carbocycles. The van der Waals surface area contributed by atoms with Crippen LogP contribution in [0.1, 0.15) is 46.5 Å². The van der Waals surface area contributed by atoms with Gasteiger partial charge in [-0.15, -0.1) is 0 Å². The van der Waals surface area contributed by atoms with Gasteiger partial charge >= 0.3 is 0 Å². The van der Waals surface area contributed by atoms with Gasteiger partial charge in [0.05, 0.1) is 24.9 Å². The molecule has 0 aromatic rings. The maximum Gasteiger partial charge on any atom is 0.279 e. The van der Waals surface area contributed by atoms with E-state index in [1.807, 2.05) is 13.8 Å². The fourth-order valence-electron chi connectivity index (χ4n) is 3.33. The summed E-state index contributed by atoms with van der Waals surface area (Å²) in [5, 5.41) is 0. The topological polar surface area (TPSA) is 67.9 Å². The Bertz CT molecular complexity index is 433. The molecule has 2 fully saturated rings. The lowest BCUT2D eigenvalue weighted by Gasteiger charge is -2.34. The van der Waals surface area contributed by atoms with Crippen LogP contribution < -0.4 is 4.72 Å². The van der Waals surface area contributed by atoms with E-state index in [2.05, 4.69) is 11.6 Å². The average molecular weight is 334 g/mol. The lowest BCUT2D eigenvalue weighted by Crippen LogP contribution is -2.52. The molecule has 2 rings (SSSR count). The molecule has 1 aliphatic heterocycles. The van der Waals surface area contributed by atoms with Crippen LogP contribution in [0, 0.1) is 5.92 Å². The van der Waals surface area contributed by atoms with Crippen LogP contribution in [0.3, 0.4) is 0 Å². The van der Waals surface area contributed by atoms with Crippen molar-refractivity contribution >= 4 is 10.2 Å². The molecule has 1 saturated heterocycles. The van der Waals surface area contributed by atoms with E-state index in [1.165, 1.54) is 23.6 Å². The number of nitrogens with one attached hydrogen (secondary N) is 1. The van der Waals surface area contributed by atoms with Gasteiger partial charge in [-0.25, -0.2) is 0 Å². The Labute approximate surface area is 134 Å². The van der Waals surface area contributed by atoms with Gasteiger partial charge in [0.25, 0.3) is 10.2 Å². The lowest BCUT2D eigenvalue weighted by atomic mass is 9.88. The van der Waals surface area contributed by atoms with Crippen LogP contribution >= 0.6 is 0 Å². The number of hydrogen-bond donors (Lipinski definition) is 1. The minimum Gasteiger partial charge on any atom is -0.377 e. The molecule has 6 nitrogen and oxygen atoms in total. The monoisotopic (exact) mass is 334 g/mol. The van der Waals surface area contributed by atoms with Crippen molar-refractivity contribution in [2.24, 2.45) is 5.92 Å². The Morgan fingerprint density at radius 3 is 2.41 bits per heavy atom. The Morgan fingerprint density at radius 1 is 1.14 bits per heavy atom. The summed E-state index contributed by atoms with van der Waals surface area (Å²) >= 11 is 0. The summed E-state index contributed by atoms with van der Waals surface area (Å²) in [6.07, 6.45) is 4.93. The van der Waals surface area contributed by atoms with Gasteiger partial charge in [0.2, 0.25) is 0 Å². The van der Waals surface area contributed by atoms with E-state index in [9.17, 15) is 8.42 Å². The largest absolute Gasteiger partial charge is 0.377 e. The number of nitrogens with zero attached hydrogens (tertiary/aromatic N) is 1. The minimum atomic E-state index is -3.44. The minimum absolute atomic E-state index is 0.0698.